The van der Waals surface area contributed by atoms with E-state index in [1.807, 2.05) is 13.1 Å². The molecule has 1 aliphatic heterocycles. The Balaban J connectivity index is 2.33. The van der Waals surface area contributed by atoms with Crippen molar-refractivity contribution >= 4 is 0 Å². The molecule has 2 atom stereocenters. The third-order valence-electron chi connectivity index (χ3n) is 4.70. The van der Waals surface area contributed by atoms with Gasteiger partial charge >= 0.3 is 0 Å². The molecule has 0 amide bonds. The molecule has 6 heteroatoms. The van der Waals surface area contributed by atoms with Crippen LogP contribution in [0.2, 0.25) is 0 Å². The largest absolute Gasteiger partial charge is 0.469 e. The van der Waals surface area contributed by atoms with Gasteiger partial charge < -0.3 is 15.1 Å². The van der Waals surface area contributed by atoms with Crippen LogP contribution in [0.15, 0.2) is 45.7 Å². The third-order valence-corrected chi connectivity index (χ3v) is 4.70. The van der Waals surface area contributed by atoms with E-state index in [0.717, 1.165) is 5.57 Å². The summed E-state index contributed by atoms with van der Waals surface area (Å²) in [7, 11) is 1.96. The number of hydrogen-bond donors (Lipinski definition) is 1. The number of nitriles is 3. The molecular formula is C17H15N5O. The fourth-order valence-electron chi connectivity index (χ4n) is 3.60. The molecule has 23 heavy (non-hydrogen) atoms. The second-order valence-electron chi connectivity index (χ2n) is 5.91. The zero-order valence-corrected chi connectivity index (χ0v) is 12.7. The Morgan fingerprint density at radius 1 is 1.35 bits per heavy atom. The predicted octanol–water partition coefficient (Wildman–Crippen LogP) is 1.63. The Morgan fingerprint density at radius 2 is 2.09 bits per heavy atom. The van der Waals surface area contributed by atoms with Gasteiger partial charge in [-0.2, -0.15) is 15.8 Å². The molecule has 0 aromatic carbocycles. The van der Waals surface area contributed by atoms with E-state index in [2.05, 4.69) is 23.1 Å². The van der Waals surface area contributed by atoms with Gasteiger partial charge in [0.05, 0.1) is 35.6 Å². The highest BCUT2D eigenvalue weighted by atomic mass is 16.3. The molecule has 0 fully saturated rings. The number of nitrogens with zero attached hydrogens (tertiary/aromatic N) is 4. The Labute approximate surface area is 134 Å². The standard InChI is InChI=1S/C17H15N5O/c1-22-5-4-11-12(7-18)16(21)17(9-19,10-20)15(13(11)8-22)14-3-2-6-23-14/h2-4,6,13,15H,5,8,21H2,1H3/t13-,15-/m0/s1. The number of fused-ring (bicyclic) bond motifs is 1. The van der Waals surface area contributed by atoms with Crippen molar-refractivity contribution in [2.75, 3.05) is 20.1 Å². The average Bonchev–Trinajstić information content (AvgIpc) is 3.08. The molecule has 6 nitrogen and oxygen atoms in total. The summed E-state index contributed by atoms with van der Waals surface area (Å²) >= 11 is 0. The van der Waals surface area contributed by atoms with Gasteiger partial charge in [0.15, 0.2) is 5.41 Å². The zero-order valence-electron chi connectivity index (χ0n) is 12.7. The minimum atomic E-state index is -1.61. The first-order valence-electron chi connectivity index (χ1n) is 7.24. The Bertz CT molecular complexity index is 799. The van der Waals surface area contributed by atoms with Crippen molar-refractivity contribution < 1.29 is 4.42 Å². The molecule has 0 radical (unpaired) electrons. The molecule has 2 aliphatic rings. The lowest BCUT2D eigenvalue weighted by atomic mass is 9.59. The molecule has 3 rings (SSSR count). The molecule has 1 aromatic rings. The van der Waals surface area contributed by atoms with Crippen LogP contribution in [0.1, 0.15) is 11.7 Å². The number of hydrogen-bond acceptors (Lipinski definition) is 6. The van der Waals surface area contributed by atoms with E-state index in [4.69, 9.17) is 10.2 Å². The molecule has 2 heterocycles. The van der Waals surface area contributed by atoms with E-state index in [9.17, 15) is 15.8 Å². The van der Waals surface area contributed by atoms with E-state index in [-0.39, 0.29) is 17.2 Å². The van der Waals surface area contributed by atoms with E-state index in [1.165, 1.54) is 6.26 Å². The molecule has 0 saturated carbocycles. The number of likely N-dealkylation sites (N-methyl/N-ethyl adjacent to an activating group) is 1. The number of allylic oxidation sites excluding steroid dienone is 2. The topological polar surface area (TPSA) is 114 Å². The highest BCUT2D eigenvalue weighted by Gasteiger charge is 2.55. The highest BCUT2D eigenvalue weighted by Crippen LogP contribution is 2.53. The first-order valence-corrected chi connectivity index (χ1v) is 7.24. The van der Waals surface area contributed by atoms with Crippen LogP contribution in [0.5, 0.6) is 0 Å². The molecular weight excluding hydrogens is 290 g/mol. The molecule has 0 spiro atoms. The van der Waals surface area contributed by atoms with Crippen LogP contribution >= 0.6 is 0 Å². The molecule has 2 N–H and O–H groups in total. The second kappa shape index (κ2) is 5.32. The average molecular weight is 305 g/mol. The van der Waals surface area contributed by atoms with E-state index >= 15 is 0 Å². The third kappa shape index (κ3) is 1.95. The molecule has 1 aliphatic carbocycles. The van der Waals surface area contributed by atoms with Gasteiger partial charge in [-0.3, -0.25) is 0 Å². The van der Waals surface area contributed by atoms with E-state index < -0.39 is 11.3 Å². The summed E-state index contributed by atoms with van der Waals surface area (Å²) in [6.07, 6.45) is 3.47. The minimum Gasteiger partial charge on any atom is -0.469 e. The maximum atomic E-state index is 9.78. The maximum absolute atomic E-state index is 9.78. The van der Waals surface area contributed by atoms with Crippen molar-refractivity contribution in [3.63, 3.8) is 0 Å². The van der Waals surface area contributed by atoms with Crippen molar-refractivity contribution in [3.8, 4) is 18.2 Å². The zero-order chi connectivity index (χ0) is 16.6. The van der Waals surface area contributed by atoms with Gasteiger partial charge in [0.25, 0.3) is 0 Å². The van der Waals surface area contributed by atoms with E-state index in [1.54, 1.807) is 12.1 Å². The van der Waals surface area contributed by atoms with Crippen molar-refractivity contribution in [1.29, 1.82) is 15.8 Å². The van der Waals surface area contributed by atoms with Crippen LogP contribution in [0.25, 0.3) is 0 Å². The van der Waals surface area contributed by atoms with Crippen molar-refractivity contribution in [2.45, 2.75) is 5.92 Å². The first kappa shape index (κ1) is 14.9. The second-order valence-corrected chi connectivity index (χ2v) is 5.91. The van der Waals surface area contributed by atoms with Gasteiger partial charge in [-0.25, -0.2) is 0 Å². The molecule has 1 aromatic heterocycles. The van der Waals surface area contributed by atoms with Crippen LogP contribution in [-0.2, 0) is 0 Å². The summed E-state index contributed by atoms with van der Waals surface area (Å²) in [5.74, 6) is -0.195. The summed E-state index contributed by atoms with van der Waals surface area (Å²) < 4.78 is 5.52. The lowest BCUT2D eigenvalue weighted by molar-refractivity contribution is 0.218. The van der Waals surface area contributed by atoms with Crippen LogP contribution in [0.3, 0.4) is 0 Å². The fourth-order valence-corrected chi connectivity index (χ4v) is 3.60. The lowest BCUT2D eigenvalue weighted by Gasteiger charge is -2.43. The first-order chi connectivity index (χ1) is 11.1. The Morgan fingerprint density at radius 3 is 2.65 bits per heavy atom. The monoisotopic (exact) mass is 305 g/mol. The van der Waals surface area contributed by atoms with Crippen LogP contribution in [-0.4, -0.2) is 25.0 Å². The summed E-state index contributed by atoms with van der Waals surface area (Å²) in [5.41, 5.74) is 5.63. The van der Waals surface area contributed by atoms with Crippen LogP contribution in [0.4, 0.5) is 0 Å². The Hall–Kier alpha value is -3.01. The molecule has 114 valence electrons. The Kier molecular flexibility index (Phi) is 3.45. The summed E-state index contributed by atoms with van der Waals surface area (Å²) in [6.45, 7) is 1.32. The lowest BCUT2D eigenvalue weighted by Crippen LogP contribution is -2.47. The SMILES string of the molecule is CN1CC=C2C(C#N)=C(N)C(C#N)(C#N)[C@H](c3ccco3)[C@H]2C1. The van der Waals surface area contributed by atoms with E-state index in [0.29, 0.717) is 18.8 Å². The summed E-state index contributed by atoms with van der Waals surface area (Å²) in [6, 6.07) is 9.71. The van der Waals surface area contributed by atoms with Crippen LogP contribution in [0, 0.1) is 45.3 Å². The van der Waals surface area contributed by atoms with Crippen LogP contribution < -0.4 is 5.73 Å². The quantitative estimate of drug-likeness (QED) is 0.843. The van der Waals surface area contributed by atoms with Crippen molar-refractivity contribution in [1.82, 2.24) is 4.90 Å². The van der Waals surface area contributed by atoms with Gasteiger partial charge in [0, 0.05) is 19.0 Å². The summed E-state index contributed by atoms with van der Waals surface area (Å²) in [5, 5.41) is 29.1. The van der Waals surface area contributed by atoms with Gasteiger partial charge in [0.1, 0.15) is 11.8 Å². The fraction of sp³-hybridized carbons (Fsp3) is 0.353. The molecule has 0 unspecified atom stereocenters. The van der Waals surface area contributed by atoms with Crippen molar-refractivity contribution in [2.24, 2.45) is 17.1 Å². The van der Waals surface area contributed by atoms with Gasteiger partial charge in [-0.05, 0) is 24.8 Å². The highest BCUT2D eigenvalue weighted by molar-refractivity contribution is 5.58. The molecule has 0 bridgehead atoms. The summed E-state index contributed by atoms with van der Waals surface area (Å²) in [4.78, 5) is 2.08. The van der Waals surface area contributed by atoms with Gasteiger partial charge in [-0.1, -0.05) is 6.08 Å². The number of rotatable bonds is 1. The minimum absolute atomic E-state index is 0.0263. The smallest absolute Gasteiger partial charge is 0.194 e. The van der Waals surface area contributed by atoms with Gasteiger partial charge in [0.2, 0.25) is 0 Å². The normalized spacial score (nSPS) is 26.4. The van der Waals surface area contributed by atoms with Gasteiger partial charge in [-0.15, -0.1) is 0 Å². The number of furan rings is 1. The predicted molar refractivity (Wildman–Crippen MR) is 81.0 cm³/mol. The number of nitrogens with two attached hydrogens (primary N) is 1. The molecule has 0 saturated heterocycles. The van der Waals surface area contributed by atoms with Crippen molar-refractivity contribution in [3.05, 3.63) is 47.1 Å². The maximum Gasteiger partial charge on any atom is 0.194 e.